The third-order valence-corrected chi connectivity index (χ3v) is 5.32. The van der Waals surface area contributed by atoms with Crippen molar-refractivity contribution < 1.29 is 14.3 Å². The first-order valence-electron chi connectivity index (χ1n) is 9.76. The van der Waals surface area contributed by atoms with E-state index in [0.29, 0.717) is 22.1 Å². The van der Waals surface area contributed by atoms with Crippen LogP contribution in [0.15, 0.2) is 47.3 Å². The Labute approximate surface area is 188 Å². The number of halogens is 1. The first-order valence-corrected chi connectivity index (χ1v) is 10.1. The van der Waals surface area contributed by atoms with E-state index >= 15 is 0 Å². The second-order valence-electron chi connectivity index (χ2n) is 7.31. The molecule has 0 spiro atoms. The van der Waals surface area contributed by atoms with Gasteiger partial charge in [0.25, 0.3) is 5.56 Å². The highest BCUT2D eigenvalue weighted by atomic mass is 35.5. The average molecular weight is 454 g/mol. The molecular weight excluding hydrogens is 434 g/mol. The predicted molar refractivity (Wildman–Crippen MR) is 122 cm³/mol. The van der Waals surface area contributed by atoms with Crippen molar-refractivity contribution in [2.75, 3.05) is 23.1 Å². The van der Waals surface area contributed by atoms with Crippen LogP contribution in [0.4, 0.5) is 23.1 Å². The summed E-state index contributed by atoms with van der Waals surface area (Å²) in [5.41, 5.74) is 1.55. The molecule has 0 unspecified atom stereocenters. The van der Waals surface area contributed by atoms with E-state index in [1.807, 2.05) is 6.92 Å². The number of nitrogens with zero attached hydrogens (tertiary/aromatic N) is 1. The van der Waals surface area contributed by atoms with Crippen molar-refractivity contribution in [1.82, 2.24) is 9.97 Å². The van der Waals surface area contributed by atoms with E-state index in [1.165, 1.54) is 0 Å². The number of benzene rings is 2. The van der Waals surface area contributed by atoms with Gasteiger partial charge in [0, 0.05) is 12.1 Å². The summed E-state index contributed by atoms with van der Waals surface area (Å²) in [6.45, 7) is 1.88. The zero-order valence-corrected chi connectivity index (χ0v) is 18.0. The number of nitrogens with one attached hydrogen (secondary N) is 4. The lowest BCUT2D eigenvalue weighted by atomic mass is 9.92. The van der Waals surface area contributed by atoms with Crippen molar-refractivity contribution in [2.24, 2.45) is 0 Å². The van der Waals surface area contributed by atoms with Crippen molar-refractivity contribution in [1.29, 1.82) is 0 Å². The van der Waals surface area contributed by atoms with Gasteiger partial charge in [0.2, 0.25) is 17.8 Å². The minimum Gasteiger partial charge on any atom is -0.497 e. The number of fused-ring (bicyclic) bond motifs is 1. The number of aromatic amines is 1. The van der Waals surface area contributed by atoms with Crippen molar-refractivity contribution in [2.45, 2.75) is 19.3 Å². The molecule has 0 bridgehead atoms. The highest BCUT2D eigenvalue weighted by Crippen LogP contribution is 2.31. The molecule has 2 amide bonds. The van der Waals surface area contributed by atoms with Crippen molar-refractivity contribution >= 4 is 46.6 Å². The van der Waals surface area contributed by atoms with E-state index < -0.39 is 23.3 Å². The Morgan fingerprint density at radius 1 is 1.19 bits per heavy atom. The van der Waals surface area contributed by atoms with E-state index in [9.17, 15) is 14.4 Å². The molecule has 32 heavy (non-hydrogen) atoms. The molecule has 0 radical (unpaired) electrons. The van der Waals surface area contributed by atoms with Gasteiger partial charge in [-0.3, -0.25) is 19.4 Å². The Kier molecular flexibility index (Phi) is 5.83. The number of hydrogen-bond donors (Lipinski definition) is 4. The molecule has 0 saturated heterocycles. The number of anilines is 4. The first-order chi connectivity index (χ1) is 15.3. The minimum atomic E-state index is -1.01. The molecule has 0 aliphatic carbocycles. The predicted octanol–water partition coefficient (Wildman–Crippen LogP) is 3.55. The molecule has 1 aliphatic heterocycles. The highest BCUT2D eigenvalue weighted by molar-refractivity contribution is 6.33. The summed E-state index contributed by atoms with van der Waals surface area (Å²) in [5, 5.41) is 8.61. The van der Waals surface area contributed by atoms with Crippen LogP contribution in [-0.2, 0) is 9.59 Å². The average Bonchev–Trinajstić information content (AvgIpc) is 2.75. The number of aryl methyl sites for hydroxylation is 1. The monoisotopic (exact) mass is 453 g/mol. The lowest BCUT2D eigenvalue weighted by molar-refractivity contribution is -0.123. The molecule has 1 aromatic heterocycles. The smallest absolute Gasteiger partial charge is 0.258 e. The standard InChI is InChI=1S/C22H20ClN5O4/c1-11-3-8-16(15(23)9-11)25-20(30)14-10-17(29)26-19-18(14)21(31)28-22(27-19)24-12-4-6-13(32-2)7-5-12/h3-9,14H,10H2,1-2H3,(H,25,30)(H3,24,26,27,28,29,31)/t14-/m0/s1. The first kappa shape index (κ1) is 21.4. The summed E-state index contributed by atoms with van der Waals surface area (Å²) in [7, 11) is 1.56. The highest BCUT2D eigenvalue weighted by Gasteiger charge is 2.35. The molecule has 4 N–H and O–H groups in total. The van der Waals surface area contributed by atoms with Gasteiger partial charge >= 0.3 is 0 Å². The molecule has 2 aromatic carbocycles. The number of amides is 2. The Morgan fingerprint density at radius 3 is 2.62 bits per heavy atom. The molecular formula is C22H20ClN5O4. The Morgan fingerprint density at radius 2 is 1.94 bits per heavy atom. The molecule has 1 aliphatic rings. The second kappa shape index (κ2) is 8.72. The maximum absolute atomic E-state index is 12.9. The zero-order chi connectivity index (χ0) is 22.8. The summed E-state index contributed by atoms with van der Waals surface area (Å²) in [5.74, 6) is -1.10. The molecule has 164 valence electrons. The lowest BCUT2D eigenvalue weighted by Gasteiger charge is -2.24. The van der Waals surface area contributed by atoms with E-state index in [2.05, 4.69) is 25.9 Å². The minimum absolute atomic E-state index is 0.0381. The molecule has 9 nitrogen and oxygen atoms in total. The van der Waals surface area contributed by atoms with Crippen molar-refractivity contribution in [3.63, 3.8) is 0 Å². The molecule has 3 aromatic rings. The van der Waals surface area contributed by atoms with E-state index in [4.69, 9.17) is 16.3 Å². The van der Waals surface area contributed by atoms with Crippen LogP contribution in [-0.4, -0.2) is 28.9 Å². The van der Waals surface area contributed by atoms with Gasteiger partial charge in [-0.25, -0.2) is 0 Å². The molecule has 4 rings (SSSR count). The zero-order valence-electron chi connectivity index (χ0n) is 17.3. The lowest BCUT2D eigenvalue weighted by Crippen LogP contribution is -2.36. The number of hydrogen-bond acceptors (Lipinski definition) is 6. The third kappa shape index (κ3) is 4.42. The molecule has 0 fully saturated rings. The molecule has 2 heterocycles. The maximum atomic E-state index is 12.9. The number of carbonyl (C=O) groups excluding carboxylic acids is 2. The number of ether oxygens (including phenoxy) is 1. The quantitative estimate of drug-likeness (QED) is 0.468. The molecule has 10 heteroatoms. The van der Waals surface area contributed by atoms with E-state index in [1.54, 1.807) is 49.6 Å². The summed E-state index contributed by atoms with van der Waals surface area (Å²) >= 11 is 6.20. The van der Waals surface area contributed by atoms with Crippen LogP contribution in [0.25, 0.3) is 0 Å². The fourth-order valence-electron chi connectivity index (χ4n) is 3.41. The SMILES string of the molecule is COc1ccc(Nc2nc3c(c(=O)[nH]2)[C@@H](C(=O)Nc2ccc(C)cc2Cl)CC(=O)N3)cc1. The van der Waals surface area contributed by atoms with Crippen LogP contribution in [0, 0.1) is 6.92 Å². The van der Waals surface area contributed by atoms with Crippen molar-refractivity contribution in [3.05, 3.63) is 69.0 Å². The fraction of sp³-hybridized carbons (Fsp3) is 0.182. The van der Waals surface area contributed by atoms with Gasteiger partial charge in [-0.15, -0.1) is 0 Å². The number of rotatable bonds is 5. The van der Waals surface area contributed by atoms with E-state index in [-0.39, 0.29) is 23.8 Å². The maximum Gasteiger partial charge on any atom is 0.258 e. The summed E-state index contributed by atoms with van der Waals surface area (Å²) in [4.78, 5) is 45.0. The van der Waals surface area contributed by atoms with Gasteiger partial charge in [0.05, 0.1) is 29.3 Å². The topological polar surface area (TPSA) is 125 Å². The summed E-state index contributed by atoms with van der Waals surface area (Å²) < 4.78 is 5.12. The van der Waals surface area contributed by atoms with Crippen molar-refractivity contribution in [3.8, 4) is 5.75 Å². The third-order valence-electron chi connectivity index (χ3n) is 5.00. The van der Waals surface area contributed by atoms with Gasteiger partial charge in [-0.1, -0.05) is 17.7 Å². The number of H-pyrrole nitrogens is 1. The second-order valence-corrected chi connectivity index (χ2v) is 7.71. The van der Waals surface area contributed by atoms with E-state index in [0.717, 1.165) is 5.56 Å². The van der Waals surface area contributed by atoms with Gasteiger partial charge in [0.15, 0.2) is 0 Å². The van der Waals surface area contributed by atoms with Crippen LogP contribution < -0.4 is 26.2 Å². The van der Waals surface area contributed by atoms with Gasteiger partial charge in [-0.05, 0) is 48.9 Å². The Balaban J connectivity index is 1.62. The molecule has 1 atom stereocenters. The van der Waals surface area contributed by atoms with Gasteiger partial charge in [0.1, 0.15) is 11.6 Å². The van der Waals surface area contributed by atoms with Crippen LogP contribution in [0.5, 0.6) is 5.75 Å². The molecule has 0 saturated carbocycles. The van der Waals surface area contributed by atoms with Gasteiger partial charge < -0.3 is 20.7 Å². The van der Waals surface area contributed by atoms with Gasteiger partial charge in [-0.2, -0.15) is 4.98 Å². The summed E-state index contributed by atoms with van der Waals surface area (Å²) in [6.07, 6.45) is -0.182. The number of methoxy groups -OCH3 is 1. The normalized spacial score (nSPS) is 14.8. The van der Waals surface area contributed by atoms with Crippen LogP contribution >= 0.6 is 11.6 Å². The van der Waals surface area contributed by atoms with Crippen LogP contribution in [0.1, 0.15) is 23.5 Å². The largest absolute Gasteiger partial charge is 0.497 e. The van der Waals surface area contributed by atoms with Crippen LogP contribution in [0.2, 0.25) is 5.02 Å². The Bertz CT molecular complexity index is 1260. The summed E-state index contributed by atoms with van der Waals surface area (Å²) in [6, 6.07) is 12.2. The fourth-order valence-corrected chi connectivity index (χ4v) is 3.69. The Hall–Kier alpha value is -3.85. The number of carbonyl (C=O) groups is 2. The van der Waals surface area contributed by atoms with Crippen LogP contribution in [0.3, 0.4) is 0 Å². The number of aromatic nitrogens is 2.